The number of amides is 1. The highest BCUT2D eigenvalue weighted by Crippen LogP contribution is 2.30. The summed E-state index contributed by atoms with van der Waals surface area (Å²) in [5, 5.41) is 3.14. The van der Waals surface area contributed by atoms with Crippen molar-refractivity contribution in [1.82, 2.24) is 5.32 Å². The van der Waals surface area contributed by atoms with Gasteiger partial charge in [0, 0.05) is 31.2 Å². The Morgan fingerprint density at radius 2 is 1.89 bits per heavy atom. The van der Waals surface area contributed by atoms with Gasteiger partial charge >= 0.3 is 0 Å². The minimum Gasteiger partial charge on any atom is -0.495 e. The van der Waals surface area contributed by atoms with Crippen LogP contribution in [-0.2, 0) is 11.2 Å². The molecule has 2 aromatic carbocycles. The maximum Gasteiger partial charge on any atom is 0.220 e. The van der Waals surface area contributed by atoms with Crippen molar-refractivity contribution < 1.29 is 9.53 Å². The van der Waals surface area contributed by atoms with Crippen molar-refractivity contribution in [2.24, 2.45) is 0 Å². The molecule has 0 saturated carbocycles. The van der Waals surface area contributed by atoms with Crippen molar-refractivity contribution in [3.8, 4) is 5.75 Å². The third-order valence-electron chi connectivity index (χ3n) is 4.66. The zero-order valence-corrected chi connectivity index (χ0v) is 17.0. The topological polar surface area (TPSA) is 67.6 Å². The highest BCUT2D eigenvalue weighted by Gasteiger charge is 2.25. The summed E-state index contributed by atoms with van der Waals surface area (Å²) in [7, 11) is 1.68. The van der Waals surface area contributed by atoms with E-state index in [0.29, 0.717) is 12.8 Å². The van der Waals surface area contributed by atoms with Gasteiger partial charge in [-0.25, -0.2) is 0 Å². The first-order valence-electron chi connectivity index (χ1n) is 8.68. The van der Waals surface area contributed by atoms with Crippen molar-refractivity contribution in [2.75, 3.05) is 30.8 Å². The summed E-state index contributed by atoms with van der Waals surface area (Å²) in [5.41, 5.74) is 8.79. The van der Waals surface area contributed by atoms with Crippen molar-refractivity contribution >= 4 is 42.1 Å². The SMILES string of the molecule is COc1ccccc1N1CCC(NC(=O)CCc2ccccc2N)C1.Cl.Cl. The Bertz CT molecular complexity index is 743. The molecule has 7 heteroatoms. The zero-order chi connectivity index (χ0) is 17.6. The second-order valence-corrected chi connectivity index (χ2v) is 6.37. The lowest BCUT2D eigenvalue weighted by Gasteiger charge is -2.21. The molecule has 1 atom stereocenters. The molecule has 1 amide bonds. The Hall–Kier alpha value is -2.11. The van der Waals surface area contributed by atoms with Crippen LogP contribution in [0.1, 0.15) is 18.4 Å². The third-order valence-corrected chi connectivity index (χ3v) is 4.66. The van der Waals surface area contributed by atoms with Crippen LogP contribution < -0.4 is 20.7 Å². The molecule has 1 fully saturated rings. The van der Waals surface area contributed by atoms with Gasteiger partial charge in [-0.3, -0.25) is 4.79 Å². The van der Waals surface area contributed by atoms with Gasteiger partial charge in [-0.2, -0.15) is 0 Å². The summed E-state index contributed by atoms with van der Waals surface area (Å²) in [6.07, 6.45) is 2.07. The summed E-state index contributed by atoms with van der Waals surface area (Å²) in [6, 6.07) is 15.9. The maximum absolute atomic E-state index is 12.3. The lowest BCUT2D eigenvalue weighted by Crippen LogP contribution is -2.37. The van der Waals surface area contributed by atoms with Gasteiger partial charge in [-0.1, -0.05) is 30.3 Å². The monoisotopic (exact) mass is 411 g/mol. The molecule has 3 N–H and O–H groups in total. The first kappa shape index (κ1) is 22.9. The Morgan fingerprint density at radius 1 is 1.19 bits per heavy atom. The standard InChI is InChI=1S/C20H25N3O2.2ClH/c1-25-19-9-5-4-8-18(19)23-13-12-16(14-23)22-20(24)11-10-15-6-2-3-7-17(15)21;;/h2-9,16H,10-14,21H2,1H3,(H,22,24);2*1H. The molecule has 3 rings (SSSR count). The minimum atomic E-state index is 0. The van der Waals surface area contributed by atoms with Gasteiger partial charge in [0.25, 0.3) is 0 Å². The highest BCUT2D eigenvalue weighted by molar-refractivity contribution is 5.85. The molecule has 27 heavy (non-hydrogen) atoms. The molecule has 1 saturated heterocycles. The summed E-state index contributed by atoms with van der Waals surface area (Å²) >= 11 is 0. The average molecular weight is 412 g/mol. The normalized spacial score (nSPS) is 15.4. The number of hydrogen-bond acceptors (Lipinski definition) is 4. The predicted molar refractivity (Wildman–Crippen MR) is 115 cm³/mol. The number of hydrogen-bond donors (Lipinski definition) is 2. The number of halogens is 2. The second kappa shape index (κ2) is 10.9. The van der Waals surface area contributed by atoms with E-state index in [0.717, 1.165) is 42.2 Å². The number of aryl methyl sites for hydroxylation is 1. The zero-order valence-electron chi connectivity index (χ0n) is 15.4. The van der Waals surface area contributed by atoms with E-state index in [1.54, 1.807) is 7.11 Å². The molecule has 1 unspecified atom stereocenters. The third kappa shape index (κ3) is 5.94. The van der Waals surface area contributed by atoms with E-state index in [9.17, 15) is 4.79 Å². The number of anilines is 2. The van der Waals surface area contributed by atoms with Gasteiger partial charge in [0.15, 0.2) is 0 Å². The summed E-state index contributed by atoms with van der Waals surface area (Å²) in [6.45, 7) is 1.72. The van der Waals surface area contributed by atoms with Crippen LogP contribution in [0.4, 0.5) is 11.4 Å². The number of carbonyl (C=O) groups is 1. The Morgan fingerprint density at radius 3 is 2.63 bits per heavy atom. The molecule has 5 nitrogen and oxygen atoms in total. The Kier molecular flexibility index (Phi) is 9.26. The number of nitrogens with zero attached hydrogens (tertiary/aromatic N) is 1. The second-order valence-electron chi connectivity index (χ2n) is 6.37. The molecule has 0 aliphatic carbocycles. The molecular formula is C20H27Cl2N3O2. The van der Waals surface area contributed by atoms with E-state index in [-0.39, 0.29) is 36.8 Å². The van der Waals surface area contributed by atoms with Crippen LogP contribution in [0.25, 0.3) is 0 Å². The van der Waals surface area contributed by atoms with E-state index < -0.39 is 0 Å². The number of methoxy groups -OCH3 is 1. The van der Waals surface area contributed by atoms with E-state index in [2.05, 4.69) is 16.3 Å². The Labute approximate surface area is 173 Å². The van der Waals surface area contributed by atoms with Crippen molar-refractivity contribution in [2.45, 2.75) is 25.3 Å². The fourth-order valence-electron chi connectivity index (χ4n) is 3.30. The number of carbonyl (C=O) groups excluding carboxylic acids is 1. The fourth-order valence-corrected chi connectivity index (χ4v) is 3.30. The van der Waals surface area contributed by atoms with Gasteiger partial charge in [0.1, 0.15) is 5.75 Å². The van der Waals surface area contributed by atoms with Crippen molar-refractivity contribution in [1.29, 1.82) is 0 Å². The van der Waals surface area contributed by atoms with Crippen molar-refractivity contribution in [3.05, 3.63) is 54.1 Å². The number of ether oxygens (including phenoxy) is 1. The van der Waals surface area contributed by atoms with Crippen LogP contribution >= 0.6 is 24.8 Å². The molecule has 0 bridgehead atoms. The fraction of sp³-hybridized carbons (Fsp3) is 0.350. The first-order valence-corrected chi connectivity index (χ1v) is 8.68. The largest absolute Gasteiger partial charge is 0.495 e. The van der Waals surface area contributed by atoms with Crippen LogP contribution in [0, 0.1) is 0 Å². The van der Waals surface area contributed by atoms with Crippen molar-refractivity contribution in [3.63, 3.8) is 0 Å². The molecular weight excluding hydrogens is 385 g/mol. The molecule has 2 aromatic rings. The smallest absolute Gasteiger partial charge is 0.220 e. The minimum absolute atomic E-state index is 0. The van der Waals surface area contributed by atoms with Crippen LogP contribution in [0.15, 0.2) is 48.5 Å². The van der Waals surface area contributed by atoms with Gasteiger partial charge < -0.3 is 20.7 Å². The van der Waals surface area contributed by atoms with Crippen LogP contribution in [0.3, 0.4) is 0 Å². The lowest BCUT2D eigenvalue weighted by molar-refractivity contribution is -0.121. The molecule has 1 aliphatic rings. The number of benzene rings is 2. The van der Waals surface area contributed by atoms with E-state index in [1.165, 1.54) is 0 Å². The summed E-state index contributed by atoms with van der Waals surface area (Å²) < 4.78 is 5.43. The molecule has 1 heterocycles. The Balaban J connectivity index is 0.00000182. The van der Waals surface area contributed by atoms with Crippen LogP contribution in [0.5, 0.6) is 5.75 Å². The number of nitrogens with two attached hydrogens (primary N) is 1. The first-order chi connectivity index (χ1) is 12.2. The number of nitrogens with one attached hydrogen (secondary N) is 1. The van der Waals surface area contributed by atoms with E-state index >= 15 is 0 Å². The van der Waals surface area contributed by atoms with Gasteiger partial charge in [-0.15, -0.1) is 24.8 Å². The van der Waals surface area contributed by atoms with Gasteiger partial charge in [-0.05, 0) is 36.6 Å². The van der Waals surface area contributed by atoms with E-state index in [4.69, 9.17) is 10.5 Å². The number of nitrogen functional groups attached to an aromatic ring is 1. The summed E-state index contributed by atoms with van der Waals surface area (Å²) in [4.78, 5) is 14.5. The van der Waals surface area contributed by atoms with Crippen LogP contribution in [-0.4, -0.2) is 32.1 Å². The quantitative estimate of drug-likeness (QED) is 0.714. The van der Waals surface area contributed by atoms with Gasteiger partial charge in [0.2, 0.25) is 5.91 Å². The molecule has 148 valence electrons. The highest BCUT2D eigenvalue weighted by atomic mass is 35.5. The predicted octanol–water partition coefficient (Wildman–Crippen LogP) is 3.45. The van der Waals surface area contributed by atoms with E-state index in [1.807, 2.05) is 42.5 Å². The van der Waals surface area contributed by atoms with Crippen LogP contribution in [0.2, 0.25) is 0 Å². The maximum atomic E-state index is 12.3. The lowest BCUT2D eigenvalue weighted by atomic mass is 10.1. The summed E-state index contributed by atoms with van der Waals surface area (Å²) in [5.74, 6) is 0.948. The molecule has 0 aromatic heterocycles. The molecule has 0 radical (unpaired) electrons. The van der Waals surface area contributed by atoms with Gasteiger partial charge in [0.05, 0.1) is 12.8 Å². The number of rotatable bonds is 6. The molecule has 0 spiro atoms. The molecule has 1 aliphatic heterocycles. The average Bonchev–Trinajstić information content (AvgIpc) is 3.09. The number of para-hydroxylation sites is 3.